The maximum atomic E-state index is 4.19. The molecule has 2 nitrogen and oxygen atoms in total. The maximum absolute atomic E-state index is 4.19. The molecule has 0 fully saturated rings. The van der Waals surface area contributed by atoms with Crippen molar-refractivity contribution in [2.75, 3.05) is 5.32 Å². The van der Waals surface area contributed by atoms with Crippen LogP contribution >= 0.6 is 11.3 Å². The first-order valence-corrected chi connectivity index (χ1v) is 7.47. The van der Waals surface area contributed by atoms with Gasteiger partial charge < -0.3 is 5.32 Å². The molecular formula is C17H16N2S. The third-order valence-corrected chi connectivity index (χ3v) is 4.04. The summed E-state index contributed by atoms with van der Waals surface area (Å²) < 4.78 is 0. The van der Waals surface area contributed by atoms with E-state index in [1.54, 1.807) is 11.3 Å². The largest absolute Gasteiger partial charge is 0.379 e. The lowest BCUT2D eigenvalue weighted by Gasteiger charge is -2.04. The van der Waals surface area contributed by atoms with Crippen molar-refractivity contribution < 1.29 is 0 Å². The predicted molar refractivity (Wildman–Crippen MR) is 86.1 cm³/mol. The van der Waals surface area contributed by atoms with Gasteiger partial charge in [-0.05, 0) is 41.1 Å². The number of anilines is 1. The van der Waals surface area contributed by atoms with Crippen LogP contribution in [0.5, 0.6) is 0 Å². The van der Waals surface area contributed by atoms with Crippen molar-refractivity contribution in [1.82, 2.24) is 4.98 Å². The Hall–Kier alpha value is -2.13. The molecule has 0 saturated carbocycles. The summed E-state index contributed by atoms with van der Waals surface area (Å²) in [4.78, 5) is 5.51. The fourth-order valence-corrected chi connectivity index (χ4v) is 2.93. The number of nitrogens with zero attached hydrogens (tertiary/aromatic N) is 1. The minimum atomic E-state index is 0.836. The number of thiophene rings is 1. The van der Waals surface area contributed by atoms with Gasteiger partial charge in [-0.25, -0.2) is 0 Å². The van der Waals surface area contributed by atoms with E-state index >= 15 is 0 Å². The molecule has 20 heavy (non-hydrogen) atoms. The van der Waals surface area contributed by atoms with Gasteiger partial charge in [0.25, 0.3) is 0 Å². The van der Waals surface area contributed by atoms with Crippen LogP contribution in [-0.4, -0.2) is 4.98 Å². The van der Waals surface area contributed by atoms with Crippen LogP contribution in [0, 0.1) is 6.92 Å². The van der Waals surface area contributed by atoms with E-state index in [-0.39, 0.29) is 0 Å². The van der Waals surface area contributed by atoms with Crippen molar-refractivity contribution in [2.45, 2.75) is 13.5 Å². The Kier molecular flexibility index (Phi) is 3.79. The third kappa shape index (κ3) is 3.06. The highest BCUT2D eigenvalue weighted by atomic mass is 32.1. The number of pyridine rings is 1. The Labute approximate surface area is 123 Å². The van der Waals surface area contributed by atoms with Gasteiger partial charge in [0.15, 0.2) is 0 Å². The first-order chi connectivity index (χ1) is 9.81. The summed E-state index contributed by atoms with van der Waals surface area (Å²) in [5.41, 5.74) is 4.80. The zero-order chi connectivity index (χ0) is 13.8. The molecule has 0 saturated heterocycles. The molecule has 1 aromatic carbocycles. The SMILES string of the molecule is Cc1cncc(NCc2cc(-c3ccccc3)cs2)c1. The maximum Gasteiger partial charge on any atom is 0.0532 e. The van der Waals surface area contributed by atoms with Crippen LogP contribution in [0.25, 0.3) is 11.1 Å². The Bertz CT molecular complexity index is 689. The molecular weight excluding hydrogens is 264 g/mol. The molecule has 0 radical (unpaired) electrons. The van der Waals surface area contributed by atoms with E-state index in [0.717, 1.165) is 12.2 Å². The molecule has 1 N–H and O–H groups in total. The van der Waals surface area contributed by atoms with Crippen LogP contribution in [0.15, 0.2) is 60.2 Å². The van der Waals surface area contributed by atoms with Gasteiger partial charge in [0.05, 0.1) is 5.69 Å². The van der Waals surface area contributed by atoms with Crippen molar-refractivity contribution in [3.05, 3.63) is 70.7 Å². The van der Waals surface area contributed by atoms with Gasteiger partial charge in [-0.3, -0.25) is 4.98 Å². The second kappa shape index (κ2) is 5.88. The first-order valence-electron chi connectivity index (χ1n) is 6.59. The molecule has 2 aromatic heterocycles. The van der Waals surface area contributed by atoms with Gasteiger partial charge in [0.1, 0.15) is 0 Å². The van der Waals surface area contributed by atoms with Gasteiger partial charge in [-0.2, -0.15) is 0 Å². The van der Waals surface area contributed by atoms with Crippen molar-refractivity contribution >= 4 is 17.0 Å². The van der Waals surface area contributed by atoms with E-state index in [1.165, 1.54) is 21.6 Å². The number of aryl methyl sites for hydroxylation is 1. The van der Waals surface area contributed by atoms with E-state index < -0.39 is 0 Å². The molecule has 0 aliphatic heterocycles. The van der Waals surface area contributed by atoms with Gasteiger partial charge in [-0.1, -0.05) is 30.3 Å². The van der Waals surface area contributed by atoms with E-state index in [9.17, 15) is 0 Å². The van der Waals surface area contributed by atoms with Gasteiger partial charge in [0, 0.05) is 23.8 Å². The van der Waals surface area contributed by atoms with Crippen molar-refractivity contribution in [1.29, 1.82) is 0 Å². The average Bonchev–Trinajstić information content (AvgIpc) is 2.95. The number of nitrogens with one attached hydrogen (secondary N) is 1. The standard InChI is InChI=1S/C17H16N2S/c1-13-7-16(10-18-9-13)19-11-17-8-15(12-20-17)14-5-3-2-4-6-14/h2-10,12,19H,11H2,1H3. The zero-order valence-corrected chi connectivity index (χ0v) is 12.2. The topological polar surface area (TPSA) is 24.9 Å². The lowest BCUT2D eigenvalue weighted by molar-refractivity contribution is 1.16. The van der Waals surface area contributed by atoms with E-state index in [2.05, 4.69) is 59.0 Å². The van der Waals surface area contributed by atoms with E-state index in [4.69, 9.17) is 0 Å². The molecule has 3 aromatic rings. The van der Waals surface area contributed by atoms with E-state index in [1.807, 2.05) is 18.5 Å². The summed E-state index contributed by atoms with van der Waals surface area (Å²) >= 11 is 1.78. The molecule has 0 atom stereocenters. The van der Waals surface area contributed by atoms with Crippen LogP contribution in [0.3, 0.4) is 0 Å². The minimum Gasteiger partial charge on any atom is -0.379 e. The molecule has 0 bridgehead atoms. The van der Waals surface area contributed by atoms with Crippen LogP contribution < -0.4 is 5.32 Å². The quantitative estimate of drug-likeness (QED) is 0.747. The lowest BCUT2D eigenvalue weighted by Crippen LogP contribution is -1.97. The fraction of sp³-hybridized carbons (Fsp3) is 0.118. The molecule has 0 unspecified atom stereocenters. The summed E-state index contributed by atoms with van der Waals surface area (Å²) in [5.74, 6) is 0. The first kappa shape index (κ1) is 12.9. The highest BCUT2D eigenvalue weighted by Gasteiger charge is 2.02. The number of rotatable bonds is 4. The van der Waals surface area contributed by atoms with E-state index in [0.29, 0.717) is 0 Å². The lowest BCUT2D eigenvalue weighted by atomic mass is 10.1. The zero-order valence-electron chi connectivity index (χ0n) is 11.3. The monoisotopic (exact) mass is 280 g/mol. The second-order valence-electron chi connectivity index (χ2n) is 4.77. The smallest absolute Gasteiger partial charge is 0.0532 e. The predicted octanol–water partition coefficient (Wildman–Crippen LogP) is 4.73. The second-order valence-corrected chi connectivity index (χ2v) is 5.77. The van der Waals surface area contributed by atoms with Gasteiger partial charge >= 0.3 is 0 Å². The summed E-state index contributed by atoms with van der Waals surface area (Å²) in [6.07, 6.45) is 3.72. The van der Waals surface area contributed by atoms with Crippen LogP contribution in [0.1, 0.15) is 10.4 Å². The number of hydrogen-bond donors (Lipinski definition) is 1. The Balaban J connectivity index is 1.69. The summed E-state index contributed by atoms with van der Waals surface area (Å²) in [5, 5.41) is 5.62. The molecule has 2 heterocycles. The fourth-order valence-electron chi connectivity index (χ4n) is 2.10. The Morgan fingerprint density at radius 3 is 2.70 bits per heavy atom. The Morgan fingerprint density at radius 2 is 1.90 bits per heavy atom. The molecule has 0 spiro atoms. The van der Waals surface area contributed by atoms with Crippen LogP contribution in [-0.2, 0) is 6.54 Å². The minimum absolute atomic E-state index is 0.836. The number of hydrogen-bond acceptors (Lipinski definition) is 3. The van der Waals surface area contributed by atoms with Gasteiger partial charge in [0.2, 0.25) is 0 Å². The molecule has 0 aliphatic rings. The van der Waals surface area contributed by atoms with Crippen molar-refractivity contribution in [3.8, 4) is 11.1 Å². The highest BCUT2D eigenvalue weighted by molar-refractivity contribution is 7.10. The molecule has 0 aliphatic carbocycles. The van der Waals surface area contributed by atoms with Gasteiger partial charge in [-0.15, -0.1) is 11.3 Å². The highest BCUT2D eigenvalue weighted by Crippen LogP contribution is 2.25. The summed E-state index contributed by atoms with van der Waals surface area (Å²) in [6.45, 7) is 2.89. The molecule has 0 amide bonds. The summed E-state index contributed by atoms with van der Waals surface area (Å²) in [6, 6.07) is 14.8. The summed E-state index contributed by atoms with van der Waals surface area (Å²) in [7, 11) is 0. The van der Waals surface area contributed by atoms with Crippen LogP contribution in [0.2, 0.25) is 0 Å². The molecule has 3 heteroatoms. The van der Waals surface area contributed by atoms with Crippen molar-refractivity contribution in [3.63, 3.8) is 0 Å². The number of benzene rings is 1. The van der Waals surface area contributed by atoms with Crippen LogP contribution in [0.4, 0.5) is 5.69 Å². The van der Waals surface area contributed by atoms with Crippen molar-refractivity contribution in [2.24, 2.45) is 0 Å². The normalized spacial score (nSPS) is 10.4. The average molecular weight is 280 g/mol. The molecule has 100 valence electrons. The third-order valence-electron chi connectivity index (χ3n) is 3.10. The number of aromatic nitrogens is 1. The Morgan fingerprint density at radius 1 is 1.05 bits per heavy atom. The molecule has 3 rings (SSSR count).